The maximum atomic E-state index is 13.2. The smallest absolute Gasteiger partial charge is 0.435 e. The van der Waals surface area contributed by atoms with Crippen LogP contribution in [-0.4, -0.2) is 68.8 Å². The summed E-state index contributed by atoms with van der Waals surface area (Å²) in [6.45, 7) is 6.89. The number of carbonyl (C=O) groups is 1. The predicted molar refractivity (Wildman–Crippen MR) is 142 cm³/mol. The summed E-state index contributed by atoms with van der Waals surface area (Å²) in [5.74, 6) is 0. The number of rotatable bonds is 4. The Bertz CT molecular complexity index is 1720. The van der Waals surface area contributed by atoms with Crippen molar-refractivity contribution in [2.75, 3.05) is 13.1 Å². The number of pyridine rings is 1. The molecule has 11 nitrogen and oxygen atoms in total. The zero-order valence-corrected chi connectivity index (χ0v) is 22.7. The number of ether oxygens (including phenoxy) is 1. The number of imidazole rings is 1. The van der Waals surface area contributed by atoms with Gasteiger partial charge in [-0.2, -0.15) is 28.5 Å². The summed E-state index contributed by atoms with van der Waals surface area (Å²) in [4.78, 5) is 22.8. The third kappa shape index (κ3) is 5.45. The average molecular weight is 568 g/mol. The fraction of sp³-hybridized carbons (Fsp3) is 0.407. The Balaban J connectivity index is 1.20. The molecule has 5 aromatic heterocycles. The number of nitrogens with zero attached hydrogens (tertiary/aromatic N) is 9. The normalized spacial score (nSPS) is 15.2. The van der Waals surface area contributed by atoms with E-state index < -0.39 is 17.5 Å². The summed E-state index contributed by atoms with van der Waals surface area (Å²) in [6.07, 6.45) is 5.24. The number of halogens is 3. The lowest BCUT2D eigenvalue weighted by atomic mass is 10.1. The monoisotopic (exact) mass is 567 g/mol. The van der Waals surface area contributed by atoms with E-state index in [0.717, 1.165) is 30.0 Å². The number of carbonyl (C=O) groups excluding carboxylic acids is 1. The van der Waals surface area contributed by atoms with Gasteiger partial charge in [-0.15, -0.1) is 0 Å². The minimum Gasteiger partial charge on any atom is -0.444 e. The van der Waals surface area contributed by atoms with E-state index in [9.17, 15) is 18.0 Å². The van der Waals surface area contributed by atoms with Gasteiger partial charge >= 0.3 is 12.3 Å². The zero-order chi connectivity index (χ0) is 28.9. The highest BCUT2D eigenvalue weighted by Gasteiger charge is 2.33. The Hall–Kier alpha value is -4.49. The van der Waals surface area contributed by atoms with Crippen LogP contribution < -0.4 is 0 Å². The zero-order valence-electron chi connectivity index (χ0n) is 22.7. The van der Waals surface area contributed by atoms with Crippen LogP contribution in [0.4, 0.5) is 18.0 Å². The second-order valence-corrected chi connectivity index (χ2v) is 11.1. The largest absolute Gasteiger partial charge is 0.444 e. The maximum Gasteiger partial charge on any atom is 0.435 e. The van der Waals surface area contributed by atoms with Gasteiger partial charge < -0.3 is 9.64 Å². The molecule has 0 atom stereocenters. The fourth-order valence-corrected chi connectivity index (χ4v) is 4.90. The minimum absolute atomic E-state index is 0.147. The predicted octanol–water partition coefficient (Wildman–Crippen LogP) is 4.98. The Morgan fingerprint density at radius 1 is 1.00 bits per heavy atom. The van der Waals surface area contributed by atoms with Crippen LogP contribution in [0.1, 0.15) is 51.0 Å². The molecular weight excluding hydrogens is 539 g/mol. The summed E-state index contributed by atoms with van der Waals surface area (Å²) in [7, 11) is 0. The lowest BCUT2D eigenvalue weighted by Gasteiger charge is -2.33. The first-order valence-corrected chi connectivity index (χ1v) is 13.2. The van der Waals surface area contributed by atoms with Crippen molar-refractivity contribution in [3.05, 3.63) is 60.6 Å². The summed E-state index contributed by atoms with van der Waals surface area (Å²) < 4.78 is 49.9. The van der Waals surface area contributed by atoms with Gasteiger partial charge in [0.15, 0.2) is 11.3 Å². The summed E-state index contributed by atoms with van der Waals surface area (Å²) in [6, 6.07) is 4.28. The molecule has 1 fully saturated rings. The molecule has 6 heterocycles. The quantitative estimate of drug-likeness (QED) is 0.302. The highest BCUT2D eigenvalue weighted by Crippen LogP contribution is 2.29. The van der Waals surface area contributed by atoms with Gasteiger partial charge in [0.25, 0.3) is 0 Å². The van der Waals surface area contributed by atoms with E-state index in [1.165, 1.54) is 16.8 Å². The fourth-order valence-electron chi connectivity index (χ4n) is 4.90. The van der Waals surface area contributed by atoms with E-state index in [4.69, 9.17) is 4.74 Å². The molecule has 1 aliphatic rings. The summed E-state index contributed by atoms with van der Waals surface area (Å²) in [5.41, 5.74) is 2.29. The Labute approximate surface area is 232 Å². The van der Waals surface area contributed by atoms with Crippen molar-refractivity contribution < 1.29 is 22.7 Å². The number of aromatic nitrogens is 8. The number of hydrogen-bond acceptors (Lipinski definition) is 7. The van der Waals surface area contributed by atoms with Crippen molar-refractivity contribution in [1.29, 1.82) is 0 Å². The van der Waals surface area contributed by atoms with Crippen LogP contribution in [0.2, 0.25) is 0 Å². The molecule has 0 aromatic carbocycles. The van der Waals surface area contributed by atoms with E-state index in [0.29, 0.717) is 35.5 Å². The Kier molecular flexibility index (Phi) is 6.42. The second kappa shape index (κ2) is 9.85. The van der Waals surface area contributed by atoms with Crippen LogP contribution in [0.3, 0.4) is 0 Å². The van der Waals surface area contributed by atoms with Crippen LogP contribution in [0, 0.1) is 0 Å². The van der Waals surface area contributed by atoms with E-state index in [-0.39, 0.29) is 18.7 Å². The molecule has 0 unspecified atom stereocenters. The number of likely N-dealkylation sites (tertiary alicyclic amines) is 1. The van der Waals surface area contributed by atoms with Gasteiger partial charge in [-0.1, -0.05) is 0 Å². The molecular formula is C27H28F3N9O2. The van der Waals surface area contributed by atoms with Crippen LogP contribution >= 0.6 is 0 Å². The molecule has 0 bridgehead atoms. The molecule has 0 aliphatic carbocycles. The highest BCUT2D eigenvalue weighted by molar-refractivity contribution is 5.80. The Morgan fingerprint density at radius 2 is 1.78 bits per heavy atom. The third-order valence-electron chi connectivity index (χ3n) is 6.96. The molecule has 214 valence electrons. The highest BCUT2D eigenvalue weighted by atomic mass is 19.4. The third-order valence-corrected chi connectivity index (χ3v) is 6.96. The molecule has 1 aliphatic heterocycles. The number of hydrogen-bond donors (Lipinski definition) is 0. The van der Waals surface area contributed by atoms with E-state index in [1.807, 2.05) is 37.7 Å². The van der Waals surface area contributed by atoms with Crippen LogP contribution in [-0.2, 0) is 17.5 Å². The van der Waals surface area contributed by atoms with Crippen LogP contribution in [0.15, 0.2) is 49.2 Å². The average Bonchev–Trinajstić information content (AvgIpc) is 3.66. The number of fused-ring (bicyclic) bond motifs is 2. The van der Waals surface area contributed by atoms with E-state index in [1.54, 1.807) is 28.2 Å². The number of piperidine rings is 1. The van der Waals surface area contributed by atoms with Crippen molar-refractivity contribution in [3.8, 4) is 11.1 Å². The van der Waals surface area contributed by atoms with Crippen LogP contribution in [0.25, 0.3) is 27.8 Å². The first kappa shape index (κ1) is 26.7. The van der Waals surface area contributed by atoms with Gasteiger partial charge in [0.2, 0.25) is 0 Å². The molecule has 0 N–H and O–H groups in total. The molecule has 1 saturated heterocycles. The SMILES string of the molecule is CC(C)(C)OC(=O)N1CCC(n2cc(-c3cnc4cnn(Cc5cnc6ccc(C(F)(F)F)nn56)c4c3)cn2)CC1. The van der Waals surface area contributed by atoms with Gasteiger partial charge in [0, 0.05) is 36.6 Å². The first-order chi connectivity index (χ1) is 19.4. The van der Waals surface area contributed by atoms with Crippen LogP contribution in [0.5, 0.6) is 0 Å². The standard InChI is InChI=1S/C27H28F3N9O2/c1-26(2,3)41-25(40)36-8-6-19(7-9-36)37-15-18(12-33-37)17-10-22-21(31-11-17)14-34-38(22)16-20-13-32-24-5-4-23(27(28,29)30)35-39(20)24/h4-5,10-15,19H,6-9,16H2,1-3H3. The summed E-state index contributed by atoms with van der Waals surface area (Å²) in [5, 5.41) is 12.7. The minimum atomic E-state index is -4.56. The first-order valence-electron chi connectivity index (χ1n) is 13.2. The van der Waals surface area contributed by atoms with Gasteiger partial charge in [-0.05, 0) is 51.8 Å². The van der Waals surface area contributed by atoms with Crippen molar-refractivity contribution in [3.63, 3.8) is 0 Å². The van der Waals surface area contributed by atoms with Crippen molar-refractivity contribution in [1.82, 2.24) is 44.0 Å². The van der Waals surface area contributed by atoms with Gasteiger partial charge in [-0.25, -0.2) is 14.3 Å². The number of amides is 1. The van der Waals surface area contributed by atoms with Gasteiger partial charge in [-0.3, -0.25) is 14.3 Å². The van der Waals surface area contributed by atoms with Gasteiger partial charge in [0.1, 0.15) is 11.1 Å². The number of alkyl halides is 3. The Morgan fingerprint density at radius 3 is 2.51 bits per heavy atom. The second-order valence-electron chi connectivity index (χ2n) is 11.1. The van der Waals surface area contributed by atoms with Crippen molar-refractivity contribution >= 4 is 22.8 Å². The van der Waals surface area contributed by atoms with E-state index >= 15 is 0 Å². The van der Waals surface area contributed by atoms with Gasteiger partial charge in [0.05, 0.1) is 42.4 Å². The molecule has 0 radical (unpaired) electrons. The van der Waals surface area contributed by atoms with Crippen molar-refractivity contribution in [2.45, 2.75) is 58.0 Å². The molecule has 0 saturated carbocycles. The topological polar surface area (TPSA) is 108 Å². The molecule has 5 aromatic rings. The molecule has 6 rings (SSSR count). The van der Waals surface area contributed by atoms with E-state index in [2.05, 4.69) is 25.3 Å². The molecule has 41 heavy (non-hydrogen) atoms. The molecule has 1 amide bonds. The summed E-state index contributed by atoms with van der Waals surface area (Å²) >= 11 is 0. The lowest BCUT2D eigenvalue weighted by molar-refractivity contribution is -0.141. The molecule has 14 heteroatoms. The lowest BCUT2D eigenvalue weighted by Crippen LogP contribution is -2.42. The van der Waals surface area contributed by atoms with Crippen molar-refractivity contribution in [2.24, 2.45) is 0 Å². The maximum absolute atomic E-state index is 13.2. The molecule has 0 spiro atoms.